The zero-order valence-electron chi connectivity index (χ0n) is 29.0. The zero-order valence-corrected chi connectivity index (χ0v) is 37.8. The van der Waals surface area contributed by atoms with Crippen molar-refractivity contribution < 1.29 is 57.9 Å². The van der Waals surface area contributed by atoms with E-state index in [9.17, 15) is 24.0 Å². The van der Waals surface area contributed by atoms with Gasteiger partial charge in [-0.05, 0) is 55.7 Å². The number of carboxylic acid groups (broad SMARTS) is 2. The Hall–Kier alpha value is -0.680. The van der Waals surface area contributed by atoms with Crippen molar-refractivity contribution in [3.05, 3.63) is 15.7 Å². The van der Waals surface area contributed by atoms with Gasteiger partial charge in [0.05, 0.1) is 73.1 Å². The highest BCUT2D eigenvalue weighted by Crippen LogP contribution is 2.36. The summed E-state index contributed by atoms with van der Waals surface area (Å²) in [6.45, 7) is 7.77. The molecule has 1 aliphatic heterocycles. The highest BCUT2D eigenvalue weighted by Gasteiger charge is 2.41. The summed E-state index contributed by atoms with van der Waals surface area (Å²) in [5, 5.41) is 17.0. The van der Waals surface area contributed by atoms with E-state index in [0.717, 1.165) is 15.9 Å². The predicted octanol–water partition coefficient (Wildman–Crippen LogP) is 4.25. The predicted molar refractivity (Wildman–Crippen MR) is 216 cm³/mol. The summed E-state index contributed by atoms with van der Waals surface area (Å²) in [6, 6.07) is -1.02. The van der Waals surface area contributed by atoms with Crippen LogP contribution in [0.5, 0.6) is 0 Å². The smallest absolute Gasteiger partial charge is 0.323 e. The molecule has 20 heteroatoms. The molecule has 1 aliphatic rings. The number of hydrogen-bond acceptors (Lipinski definition) is 12. The summed E-state index contributed by atoms with van der Waals surface area (Å²) in [7, 11) is 6.91. The van der Waals surface area contributed by atoms with Crippen LogP contribution in [-0.2, 0) is 47.7 Å². The number of imidazole rings is 1. The van der Waals surface area contributed by atoms with Gasteiger partial charge in [-0.25, -0.2) is 4.98 Å². The highest BCUT2D eigenvalue weighted by molar-refractivity contribution is 15.0. The summed E-state index contributed by atoms with van der Waals surface area (Å²) in [4.78, 5) is 65.8. The molecule has 1 fully saturated rings. The van der Waals surface area contributed by atoms with Gasteiger partial charge in [0.1, 0.15) is 11.9 Å². The molecule has 1 aromatic heterocycles. The number of carbonyl (C=O) groups is 5. The molecular formula is C29H50I4N4O12. The quantitative estimate of drug-likeness (QED) is 0.151. The Labute approximate surface area is 341 Å². The first kappa shape index (κ1) is 52.7. The molecule has 8 atom stereocenters. The van der Waals surface area contributed by atoms with Crippen molar-refractivity contribution in [3.63, 3.8) is 0 Å². The summed E-state index contributed by atoms with van der Waals surface area (Å²) in [5.74, 6) is -3.39. The summed E-state index contributed by atoms with van der Waals surface area (Å²) in [5.41, 5.74) is 5.15. The van der Waals surface area contributed by atoms with Crippen molar-refractivity contribution in [1.82, 2.24) is 14.9 Å². The largest absolute Gasteiger partial charge is 0.481 e. The third-order valence-electron chi connectivity index (χ3n) is 7.58. The standard InChI is InChI=1S/C16H24IN3O4.C8H14O5.C5H11NO3.I2.HI/c1-9-5-12(15-18-7-13(17)19-15)20(8-9)16(22)11(10(2)23-3)6-14(21)24-4;1-5(12-2)6(8(10)11)4-7(9)13-3;1-3(9-2)4(6)5(7)8;1-2;/h7,9-12H,5-6,8H2,1-4H3,(H,18,19);5-6H,4H2,1-3H3,(H,10,11);3-4H,6H2,1-2H3,(H,7,8);;1H/t9-,10+,11-,12-;5-,6+;3-,4+;;/m011../s1. The van der Waals surface area contributed by atoms with Gasteiger partial charge in [-0.1, -0.05) is 6.92 Å². The van der Waals surface area contributed by atoms with E-state index in [1.165, 1.54) is 28.4 Å². The normalized spacial score (nSPS) is 18.4. The van der Waals surface area contributed by atoms with Crippen molar-refractivity contribution in [3.8, 4) is 0 Å². The van der Waals surface area contributed by atoms with Gasteiger partial charge in [0, 0.05) is 65.1 Å². The van der Waals surface area contributed by atoms with Crippen molar-refractivity contribution in [2.75, 3.05) is 42.1 Å². The number of carboxylic acids is 2. The Bertz CT molecular complexity index is 1130. The van der Waals surface area contributed by atoms with Crippen LogP contribution in [0.3, 0.4) is 0 Å². The number of nitrogens with two attached hydrogens (primary N) is 1. The van der Waals surface area contributed by atoms with E-state index in [2.05, 4.69) is 86.2 Å². The van der Waals surface area contributed by atoms with E-state index in [-0.39, 0.29) is 54.9 Å². The molecule has 2 rings (SSSR count). The van der Waals surface area contributed by atoms with Gasteiger partial charge >= 0.3 is 23.9 Å². The lowest BCUT2D eigenvalue weighted by atomic mass is 9.97. The van der Waals surface area contributed by atoms with Gasteiger partial charge < -0.3 is 49.5 Å². The molecule has 0 aromatic carbocycles. The second-order valence-electron chi connectivity index (χ2n) is 10.8. The van der Waals surface area contributed by atoms with Crippen LogP contribution in [0.25, 0.3) is 0 Å². The van der Waals surface area contributed by atoms with Gasteiger partial charge in [-0.3, -0.25) is 24.0 Å². The van der Waals surface area contributed by atoms with Crippen LogP contribution in [0, 0.1) is 21.5 Å². The number of H-pyrrole nitrogens is 1. The number of ether oxygens (including phenoxy) is 5. The lowest BCUT2D eigenvalue weighted by Crippen LogP contribution is -2.42. The number of aromatic nitrogens is 2. The first-order chi connectivity index (χ1) is 22.5. The molecule has 0 spiro atoms. The van der Waals surface area contributed by atoms with Crippen LogP contribution in [0.2, 0.25) is 0 Å². The van der Waals surface area contributed by atoms with Gasteiger partial charge in [0.2, 0.25) is 5.91 Å². The number of amides is 1. The third kappa shape index (κ3) is 19.7. The molecular weight excluding hydrogens is 1100 g/mol. The molecule has 0 unspecified atom stereocenters. The fraction of sp³-hybridized carbons (Fsp3) is 0.724. The summed E-state index contributed by atoms with van der Waals surface area (Å²) >= 11 is 6.41. The van der Waals surface area contributed by atoms with E-state index in [0.29, 0.717) is 12.5 Å². The lowest BCUT2D eigenvalue weighted by molar-refractivity contribution is -0.154. The zero-order chi connectivity index (χ0) is 37.7. The molecule has 2 heterocycles. The maximum Gasteiger partial charge on any atom is 0.323 e. The Morgan fingerprint density at radius 3 is 1.69 bits per heavy atom. The van der Waals surface area contributed by atoms with Crippen molar-refractivity contribution in [1.29, 1.82) is 0 Å². The van der Waals surface area contributed by atoms with E-state index in [4.69, 9.17) is 30.2 Å². The van der Waals surface area contributed by atoms with E-state index >= 15 is 0 Å². The molecule has 16 nitrogen and oxygen atoms in total. The Morgan fingerprint density at radius 1 is 0.898 bits per heavy atom. The fourth-order valence-corrected chi connectivity index (χ4v) is 4.77. The van der Waals surface area contributed by atoms with Crippen LogP contribution < -0.4 is 5.73 Å². The average Bonchev–Trinajstić information content (AvgIpc) is 3.70. The number of carbonyl (C=O) groups excluding carboxylic acids is 3. The van der Waals surface area contributed by atoms with Gasteiger partial charge in [0.25, 0.3) is 0 Å². The molecule has 0 aliphatic carbocycles. The minimum atomic E-state index is -1.06. The van der Waals surface area contributed by atoms with Crippen LogP contribution in [0.1, 0.15) is 58.8 Å². The number of esters is 2. The number of nitrogens with zero attached hydrogens (tertiary/aromatic N) is 2. The SMILES string of the molecule is COC(=O)C[C@H](C(=O)N1C[C@@H](C)C[C@H]1c1ncc(I)[nH]1)[C@@H](C)OC.COC(=O)C[C@H](C(=O)O)[C@@H](C)OC.CO[C@H](C)[C@H](N)C(=O)O.I.II. The van der Waals surface area contributed by atoms with E-state index in [1.807, 2.05) is 4.90 Å². The number of aliphatic carboxylic acids is 2. The summed E-state index contributed by atoms with van der Waals surface area (Å²) < 4.78 is 24.9. The number of likely N-dealkylation sites (tertiary alicyclic amines) is 1. The Morgan fingerprint density at radius 2 is 1.35 bits per heavy atom. The molecule has 0 radical (unpaired) electrons. The lowest BCUT2D eigenvalue weighted by Gasteiger charge is -2.30. The van der Waals surface area contributed by atoms with E-state index in [1.54, 1.807) is 34.1 Å². The molecule has 1 saturated heterocycles. The second kappa shape index (κ2) is 28.9. The number of methoxy groups -OCH3 is 5. The maximum atomic E-state index is 13.1. The number of nitrogens with one attached hydrogen (secondary N) is 1. The average molecular weight is 1150 g/mol. The van der Waals surface area contributed by atoms with Gasteiger partial charge in [-0.15, -0.1) is 24.0 Å². The minimum absolute atomic E-state index is 0. The van der Waals surface area contributed by atoms with E-state index < -0.39 is 54.0 Å². The maximum absolute atomic E-state index is 13.1. The first-order valence-electron chi connectivity index (χ1n) is 14.6. The number of aromatic amines is 1. The number of hydrogen-bond donors (Lipinski definition) is 4. The van der Waals surface area contributed by atoms with Crippen molar-refractivity contribution in [2.24, 2.45) is 23.5 Å². The molecule has 286 valence electrons. The molecule has 0 bridgehead atoms. The minimum Gasteiger partial charge on any atom is -0.481 e. The highest BCUT2D eigenvalue weighted by atomic mass is 128. The van der Waals surface area contributed by atoms with Crippen molar-refractivity contribution >= 4 is 114 Å². The van der Waals surface area contributed by atoms with Crippen LogP contribution in [0.15, 0.2) is 6.20 Å². The topological polar surface area (TPSA) is 230 Å². The second-order valence-corrected chi connectivity index (χ2v) is 11.9. The molecule has 1 aromatic rings. The molecule has 1 amide bonds. The van der Waals surface area contributed by atoms with Gasteiger partial charge in [0.15, 0.2) is 0 Å². The number of halogens is 4. The first-order valence-corrected chi connectivity index (χ1v) is 21.9. The Kier molecular flexibility index (Phi) is 31.0. The Balaban J connectivity index is -0.000000715. The third-order valence-corrected chi connectivity index (χ3v) is 8.12. The van der Waals surface area contributed by atoms with Gasteiger partial charge in [-0.2, -0.15) is 0 Å². The van der Waals surface area contributed by atoms with Crippen LogP contribution in [-0.4, -0.2) is 121 Å². The fourth-order valence-electron chi connectivity index (χ4n) is 4.35. The van der Waals surface area contributed by atoms with Crippen LogP contribution >= 0.6 is 83.8 Å². The molecule has 5 N–H and O–H groups in total. The summed E-state index contributed by atoms with van der Waals surface area (Å²) in [6.07, 6.45) is 1.15. The van der Waals surface area contributed by atoms with Crippen LogP contribution in [0.4, 0.5) is 0 Å². The number of rotatable bonds is 14. The molecule has 49 heavy (non-hydrogen) atoms. The van der Waals surface area contributed by atoms with Crippen molar-refractivity contribution in [2.45, 2.75) is 77.4 Å². The monoisotopic (exact) mass is 1150 g/mol. The molecule has 0 saturated carbocycles.